The Bertz CT molecular complexity index is 994. The number of ketones is 1. The fourth-order valence-corrected chi connectivity index (χ4v) is 3.44. The lowest BCUT2D eigenvalue weighted by Gasteiger charge is -2.04. The molecule has 0 aliphatic carbocycles. The summed E-state index contributed by atoms with van der Waals surface area (Å²) in [6.45, 7) is 0. The molecule has 4 nitrogen and oxygen atoms in total. The highest BCUT2D eigenvalue weighted by Gasteiger charge is 2.09. The van der Waals surface area contributed by atoms with Crippen molar-refractivity contribution in [2.24, 2.45) is 0 Å². The van der Waals surface area contributed by atoms with E-state index in [1.165, 1.54) is 0 Å². The van der Waals surface area contributed by atoms with Gasteiger partial charge in [0.25, 0.3) is 0 Å². The van der Waals surface area contributed by atoms with Gasteiger partial charge in [0, 0.05) is 23.1 Å². The zero-order valence-electron chi connectivity index (χ0n) is 13.3. The largest absolute Gasteiger partial charge is 0.332 e. The summed E-state index contributed by atoms with van der Waals surface area (Å²) in [5, 5.41) is 0.850. The molecule has 0 aliphatic rings. The first-order valence-electron chi connectivity index (χ1n) is 7.91. The highest BCUT2D eigenvalue weighted by atomic mass is 32.2. The van der Waals surface area contributed by atoms with E-state index in [1.807, 2.05) is 60.7 Å². The van der Waals surface area contributed by atoms with Crippen molar-refractivity contribution < 1.29 is 4.79 Å². The van der Waals surface area contributed by atoms with Crippen LogP contribution in [0.2, 0.25) is 0 Å². The molecule has 0 saturated carbocycles. The Hall–Kier alpha value is -2.92. The first-order chi connectivity index (χ1) is 12.3. The molecule has 2 aromatic carbocycles. The van der Waals surface area contributed by atoms with Gasteiger partial charge in [-0.1, -0.05) is 60.3 Å². The molecular weight excluding hydrogens is 330 g/mol. The molecule has 0 fully saturated rings. The molecule has 0 radical (unpaired) electrons. The second kappa shape index (κ2) is 6.91. The predicted octanol–water partition coefficient (Wildman–Crippen LogP) is 4.48. The number of fused-ring (bicyclic) bond motifs is 1. The van der Waals surface area contributed by atoms with E-state index in [0.717, 1.165) is 27.5 Å². The molecule has 2 heterocycles. The highest BCUT2D eigenvalue weighted by molar-refractivity contribution is 7.98. The lowest BCUT2D eigenvalue weighted by molar-refractivity contribution is 0.103. The van der Waals surface area contributed by atoms with Crippen molar-refractivity contribution in [3.8, 4) is 0 Å². The van der Waals surface area contributed by atoms with Crippen molar-refractivity contribution in [1.29, 1.82) is 0 Å². The SMILES string of the molecule is O=C(c1ccccc1)c1cccc(CSc2nc3ccncc3[nH]2)c1. The molecule has 25 heavy (non-hydrogen) atoms. The van der Waals surface area contributed by atoms with Gasteiger partial charge in [0.2, 0.25) is 0 Å². The summed E-state index contributed by atoms with van der Waals surface area (Å²) in [7, 11) is 0. The number of carbonyl (C=O) groups excluding carboxylic acids is 1. The molecule has 0 saturated heterocycles. The Balaban J connectivity index is 1.50. The predicted molar refractivity (Wildman–Crippen MR) is 99.8 cm³/mol. The number of rotatable bonds is 5. The number of thioether (sulfide) groups is 1. The summed E-state index contributed by atoms with van der Waals surface area (Å²) in [6.07, 6.45) is 3.50. The van der Waals surface area contributed by atoms with Crippen LogP contribution in [-0.4, -0.2) is 20.7 Å². The zero-order chi connectivity index (χ0) is 17.1. The van der Waals surface area contributed by atoms with E-state index >= 15 is 0 Å². The van der Waals surface area contributed by atoms with Crippen LogP contribution < -0.4 is 0 Å². The maximum atomic E-state index is 12.6. The van der Waals surface area contributed by atoms with Crippen molar-refractivity contribution in [3.05, 3.63) is 89.7 Å². The van der Waals surface area contributed by atoms with Crippen LogP contribution in [0.15, 0.2) is 78.2 Å². The molecule has 2 aromatic heterocycles. The fraction of sp³-hybridized carbons (Fsp3) is 0.0500. The third-order valence-corrected chi connectivity index (χ3v) is 4.81. The average Bonchev–Trinajstić information content (AvgIpc) is 3.10. The quantitative estimate of drug-likeness (QED) is 0.428. The number of aromatic amines is 1. The van der Waals surface area contributed by atoms with Crippen LogP contribution in [0.5, 0.6) is 0 Å². The molecular formula is C20H15N3OS. The molecule has 0 bridgehead atoms. The summed E-state index contributed by atoms with van der Waals surface area (Å²) < 4.78 is 0. The molecule has 1 N–H and O–H groups in total. The van der Waals surface area contributed by atoms with E-state index < -0.39 is 0 Å². The Morgan fingerprint density at radius 2 is 1.84 bits per heavy atom. The van der Waals surface area contributed by atoms with Gasteiger partial charge in [-0.05, 0) is 17.7 Å². The second-order valence-electron chi connectivity index (χ2n) is 5.62. The second-order valence-corrected chi connectivity index (χ2v) is 6.58. The third-order valence-electron chi connectivity index (χ3n) is 3.86. The monoisotopic (exact) mass is 345 g/mol. The van der Waals surface area contributed by atoms with E-state index in [-0.39, 0.29) is 5.78 Å². The van der Waals surface area contributed by atoms with Gasteiger partial charge in [-0.2, -0.15) is 0 Å². The normalized spacial score (nSPS) is 10.9. The minimum Gasteiger partial charge on any atom is -0.332 e. The molecule has 0 unspecified atom stereocenters. The van der Waals surface area contributed by atoms with Crippen LogP contribution in [0, 0.1) is 0 Å². The van der Waals surface area contributed by atoms with Crippen LogP contribution in [0.3, 0.4) is 0 Å². The number of nitrogens with one attached hydrogen (secondary N) is 1. The number of carbonyl (C=O) groups is 1. The summed E-state index contributed by atoms with van der Waals surface area (Å²) in [6, 6.07) is 19.0. The Labute approximate surface area is 149 Å². The Morgan fingerprint density at radius 1 is 1.00 bits per heavy atom. The molecule has 122 valence electrons. The zero-order valence-corrected chi connectivity index (χ0v) is 14.2. The Kier molecular flexibility index (Phi) is 4.31. The van der Waals surface area contributed by atoms with Gasteiger partial charge in [0.15, 0.2) is 10.9 Å². The summed E-state index contributed by atoms with van der Waals surface area (Å²) in [5.74, 6) is 0.783. The van der Waals surface area contributed by atoms with Gasteiger partial charge < -0.3 is 4.98 Å². The molecule has 4 rings (SSSR count). The van der Waals surface area contributed by atoms with Crippen molar-refractivity contribution in [2.45, 2.75) is 10.9 Å². The number of nitrogens with zero attached hydrogens (tertiary/aromatic N) is 2. The summed E-state index contributed by atoms with van der Waals surface area (Å²) in [4.78, 5) is 24.4. The maximum absolute atomic E-state index is 12.6. The fourth-order valence-electron chi connectivity index (χ4n) is 2.61. The molecule has 0 spiro atoms. The van der Waals surface area contributed by atoms with E-state index in [0.29, 0.717) is 11.1 Å². The Morgan fingerprint density at radius 3 is 2.68 bits per heavy atom. The number of hydrogen-bond acceptors (Lipinski definition) is 4. The number of hydrogen-bond donors (Lipinski definition) is 1. The number of aromatic nitrogens is 3. The number of benzene rings is 2. The standard InChI is InChI=1S/C20H15N3OS/c24-19(15-6-2-1-3-7-15)16-8-4-5-14(11-16)13-25-20-22-17-9-10-21-12-18(17)23-20/h1-12H,13H2,(H,22,23). The van der Waals surface area contributed by atoms with E-state index in [1.54, 1.807) is 24.2 Å². The van der Waals surface area contributed by atoms with Gasteiger partial charge in [0.05, 0.1) is 17.2 Å². The smallest absolute Gasteiger partial charge is 0.193 e. The van der Waals surface area contributed by atoms with Crippen molar-refractivity contribution in [3.63, 3.8) is 0 Å². The van der Waals surface area contributed by atoms with Crippen LogP contribution in [0.1, 0.15) is 21.5 Å². The van der Waals surface area contributed by atoms with E-state index in [2.05, 4.69) is 15.0 Å². The molecule has 4 aromatic rings. The minimum absolute atomic E-state index is 0.0438. The number of imidazole rings is 1. The molecule has 0 aliphatic heterocycles. The maximum Gasteiger partial charge on any atom is 0.193 e. The van der Waals surface area contributed by atoms with Gasteiger partial charge in [-0.3, -0.25) is 9.78 Å². The van der Waals surface area contributed by atoms with Gasteiger partial charge in [-0.25, -0.2) is 4.98 Å². The molecule has 0 atom stereocenters. The first kappa shape index (κ1) is 15.6. The molecule has 0 amide bonds. The van der Waals surface area contributed by atoms with E-state index in [4.69, 9.17) is 0 Å². The lowest BCUT2D eigenvalue weighted by atomic mass is 10.0. The minimum atomic E-state index is 0.0438. The van der Waals surface area contributed by atoms with Crippen LogP contribution >= 0.6 is 11.8 Å². The highest BCUT2D eigenvalue weighted by Crippen LogP contribution is 2.23. The van der Waals surface area contributed by atoms with Crippen LogP contribution in [-0.2, 0) is 5.75 Å². The first-order valence-corrected chi connectivity index (χ1v) is 8.89. The van der Waals surface area contributed by atoms with Crippen molar-refractivity contribution in [1.82, 2.24) is 15.0 Å². The number of H-pyrrole nitrogens is 1. The van der Waals surface area contributed by atoms with Crippen LogP contribution in [0.4, 0.5) is 0 Å². The van der Waals surface area contributed by atoms with E-state index in [9.17, 15) is 4.79 Å². The van der Waals surface area contributed by atoms with Gasteiger partial charge in [-0.15, -0.1) is 0 Å². The lowest BCUT2D eigenvalue weighted by Crippen LogP contribution is -2.01. The van der Waals surface area contributed by atoms with Crippen LogP contribution in [0.25, 0.3) is 11.0 Å². The summed E-state index contributed by atoms with van der Waals surface area (Å²) in [5.41, 5.74) is 4.34. The topological polar surface area (TPSA) is 58.6 Å². The molecule has 5 heteroatoms. The van der Waals surface area contributed by atoms with Gasteiger partial charge >= 0.3 is 0 Å². The number of pyridine rings is 1. The third kappa shape index (κ3) is 3.46. The van der Waals surface area contributed by atoms with Crippen molar-refractivity contribution in [2.75, 3.05) is 0 Å². The van der Waals surface area contributed by atoms with Crippen molar-refractivity contribution >= 4 is 28.6 Å². The van der Waals surface area contributed by atoms with Gasteiger partial charge in [0.1, 0.15) is 0 Å². The average molecular weight is 345 g/mol. The summed E-state index contributed by atoms with van der Waals surface area (Å²) >= 11 is 1.61.